The van der Waals surface area contributed by atoms with Crippen LogP contribution in [0.1, 0.15) is 52.7 Å². The van der Waals surface area contributed by atoms with E-state index in [0.29, 0.717) is 0 Å². The summed E-state index contributed by atoms with van der Waals surface area (Å²) in [6.45, 7) is 13.6. The van der Waals surface area contributed by atoms with Crippen LogP contribution < -0.4 is 5.32 Å². The van der Waals surface area contributed by atoms with E-state index < -0.39 is 0 Å². The van der Waals surface area contributed by atoms with Crippen LogP contribution in [0.4, 0.5) is 11.4 Å². The number of rotatable bonds is 4. The lowest BCUT2D eigenvalue weighted by atomic mass is 9.85. The minimum atomic E-state index is 0.0748. The topological polar surface area (TPSA) is 17.0 Å². The Morgan fingerprint density at radius 2 is 1.18 bits per heavy atom. The highest BCUT2D eigenvalue weighted by molar-refractivity contribution is 6.09. The van der Waals surface area contributed by atoms with Gasteiger partial charge in [0.25, 0.3) is 0 Å². The van der Waals surface area contributed by atoms with Gasteiger partial charge in [0, 0.05) is 33.4 Å². The second kappa shape index (κ2) is 9.71. The van der Waals surface area contributed by atoms with Crippen molar-refractivity contribution in [3.05, 3.63) is 126 Å². The lowest BCUT2D eigenvalue weighted by Crippen LogP contribution is -2.11. The summed E-state index contributed by atoms with van der Waals surface area (Å²) in [7, 11) is 0. The molecule has 1 aromatic heterocycles. The first-order valence-corrected chi connectivity index (χ1v) is 14.2. The molecule has 1 heterocycles. The monoisotopic (exact) mass is 522 g/mol. The van der Waals surface area contributed by atoms with Crippen molar-refractivity contribution in [3.8, 4) is 16.8 Å². The number of benzene rings is 5. The van der Waals surface area contributed by atoms with Crippen molar-refractivity contribution in [1.29, 1.82) is 0 Å². The molecule has 5 aromatic carbocycles. The molecule has 6 aromatic rings. The van der Waals surface area contributed by atoms with Gasteiger partial charge in [0.15, 0.2) is 0 Å². The smallest absolute Gasteiger partial charge is 0.0541 e. The van der Waals surface area contributed by atoms with Crippen molar-refractivity contribution in [2.75, 3.05) is 5.32 Å². The van der Waals surface area contributed by atoms with Crippen LogP contribution in [0.5, 0.6) is 0 Å². The number of aromatic nitrogens is 1. The summed E-state index contributed by atoms with van der Waals surface area (Å²) >= 11 is 0. The van der Waals surface area contributed by atoms with Gasteiger partial charge in [-0.3, -0.25) is 0 Å². The third-order valence-electron chi connectivity index (χ3n) is 7.89. The number of hydrogen-bond acceptors (Lipinski definition) is 1. The van der Waals surface area contributed by atoms with Gasteiger partial charge in [0.2, 0.25) is 0 Å². The van der Waals surface area contributed by atoms with E-state index in [1.807, 2.05) is 0 Å². The molecular weight excluding hydrogens is 484 g/mol. The largest absolute Gasteiger partial charge is 0.355 e. The highest BCUT2D eigenvalue weighted by Crippen LogP contribution is 2.38. The van der Waals surface area contributed by atoms with Gasteiger partial charge in [-0.15, -0.1) is 0 Å². The molecule has 0 aliphatic carbocycles. The molecule has 1 N–H and O–H groups in total. The summed E-state index contributed by atoms with van der Waals surface area (Å²) in [4.78, 5) is 0. The zero-order valence-electron chi connectivity index (χ0n) is 24.4. The van der Waals surface area contributed by atoms with Crippen LogP contribution in [-0.4, -0.2) is 4.57 Å². The van der Waals surface area contributed by atoms with E-state index in [0.717, 1.165) is 17.1 Å². The Labute approximate surface area is 238 Å². The van der Waals surface area contributed by atoms with Crippen molar-refractivity contribution in [3.63, 3.8) is 0 Å². The van der Waals surface area contributed by atoms with Crippen molar-refractivity contribution >= 4 is 33.2 Å². The summed E-state index contributed by atoms with van der Waals surface area (Å²) in [5.41, 5.74) is 11.0. The third kappa shape index (κ3) is 4.79. The molecule has 6 rings (SSSR count). The predicted octanol–water partition coefficient (Wildman–Crippen LogP) is 10.8. The first-order chi connectivity index (χ1) is 19.1. The van der Waals surface area contributed by atoms with E-state index in [1.54, 1.807) is 0 Å². The van der Waals surface area contributed by atoms with E-state index in [9.17, 15) is 0 Å². The molecule has 0 aliphatic rings. The van der Waals surface area contributed by atoms with Gasteiger partial charge < -0.3 is 9.88 Å². The Morgan fingerprint density at radius 1 is 0.525 bits per heavy atom. The first-order valence-electron chi connectivity index (χ1n) is 14.2. The number of hydrogen-bond donors (Lipinski definition) is 1. The Hall–Kier alpha value is -4.30. The number of fused-ring (bicyclic) bond motifs is 3. The van der Waals surface area contributed by atoms with Crippen molar-refractivity contribution < 1.29 is 0 Å². The maximum atomic E-state index is 3.76. The fourth-order valence-electron chi connectivity index (χ4n) is 5.57. The SMILES string of the molecule is CC(C)(C)c1ccc(Nc2cccc(-n3c4ccccc4c4cc(C(C)(C)C)ccc43)c2)c(-c2ccccc2)c1. The fraction of sp³-hybridized carbons (Fsp3) is 0.211. The summed E-state index contributed by atoms with van der Waals surface area (Å²) < 4.78 is 2.39. The molecule has 0 radical (unpaired) electrons. The highest BCUT2D eigenvalue weighted by atomic mass is 15.0. The van der Waals surface area contributed by atoms with Gasteiger partial charge >= 0.3 is 0 Å². The second-order valence-electron chi connectivity index (χ2n) is 12.9. The summed E-state index contributed by atoms with van der Waals surface area (Å²) in [6, 6.07) is 41.9. The first kappa shape index (κ1) is 26.0. The van der Waals surface area contributed by atoms with Crippen LogP contribution in [0.15, 0.2) is 115 Å². The maximum Gasteiger partial charge on any atom is 0.0541 e. The summed E-state index contributed by atoms with van der Waals surface area (Å²) in [5.74, 6) is 0. The van der Waals surface area contributed by atoms with E-state index in [-0.39, 0.29) is 10.8 Å². The molecule has 200 valence electrons. The molecule has 0 bridgehead atoms. The van der Waals surface area contributed by atoms with Gasteiger partial charge in [0.05, 0.1) is 11.0 Å². The molecule has 0 atom stereocenters. The van der Waals surface area contributed by atoms with Crippen LogP contribution in [-0.2, 0) is 10.8 Å². The Balaban J connectivity index is 1.47. The second-order valence-corrected chi connectivity index (χ2v) is 12.9. The fourth-order valence-corrected chi connectivity index (χ4v) is 5.57. The van der Waals surface area contributed by atoms with E-state index in [1.165, 1.54) is 44.1 Å². The molecule has 2 heteroatoms. The molecule has 0 fully saturated rings. The highest BCUT2D eigenvalue weighted by Gasteiger charge is 2.19. The molecule has 0 saturated heterocycles. The molecule has 2 nitrogen and oxygen atoms in total. The predicted molar refractivity (Wildman–Crippen MR) is 173 cm³/mol. The molecular formula is C38H38N2. The van der Waals surface area contributed by atoms with Gasteiger partial charge in [-0.1, -0.05) is 108 Å². The molecule has 0 unspecified atom stereocenters. The van der Waals surface area contributed by atoms with Gasteiger partial charge in [-0.2, -0.15) is 0 Å². The minimum absolute atomic E-state index is 0.0748. The van der Waals surface area contributed by atoms with Gasteiger partial charge in [-0.25, -0.2) is 0 Å². The molecule has 0 spiro atoms. The lowest BCUT2D eigenvalue weighted by molar-refractivity contribution is 0.590. The van der Waals surface area contributed by atoms with E-state index in [2.05, 4.69) is 167 Å². The average molecular weight is 523 g/mol. The van der Waals surface area contributed by atoms with Crippen LogP contribution in [0.3, 0.4) is 0 Å². The average Bonchev–Trinajstić information content (AvgIpc) is 3.27. The maximum absolute atomic E-state index is 3.76. The van der Waals surface area contributed by atoms with Crippen LogP contribution >= 0.6 is 0 Å². The summed E-state index contributed by atoms with van der Waals surface area (Å²) in [6.07, 6.45) is 0. The van der Waals surface area contributed by atoms with E-state index in [4.69, 9.17) is 0 Å². The van der Waals surface area contributed by atoms with Crippen LogP contribution in [0.2, 0.25) is 0 Å². The Morgan fingerprint density at radius 3 is 1.93 bits per heavy atom. The van der Waals surface area contributed by atoms with E-state index >= 15 is 0 Å². The van der Waals surface area contributed by atoms with Crippen molar-refractivity contribution in [2.45, 2.75) is 52.4 Å². The van der Waals surface area contributed by atoms with Crippen molar-refractivity contribution in [1.82, 2.24) is 4.57 Å². The van der Waals surface area contributed by atoms with Gasteiger partial charge in [-0.05, 0) is 76.1 Å². The number of nitrogens with one attached hydrogen (secondary N) is 1. The lowest BCUT2D eigenvalue weighted by Gasteiger charge is -2.22. The molecule has 0 amide bonds. The standard InChI is InChI=1S/C38H38N2/c1-37(2,3)27-19-21-34(32(23-27)26-13-8-7-9-14-26)39-29-15-12-16-30(25-29)40-35-18-11-10-17-31(35)33-24-28(38(4,5)6)20-22-36(33)40/h7-25,39H,1-6H3. The number of nitrogens with zero attached hydrogens (tertiary/aromatic N) is 1. The van der Waals surface area contributed by atoms with Crippen LogP contribution in [0, 0.1) is 0 Å². The zero-order chi connectivity index (χ0) is 28.1. The normalized spacial score (nSPS) is 12.2. The molecule has 0 aliphatic heterocycles. The Kier molecular flexibility index (Phi) is 6.30. The molecule has 40 heavy (non-hydrogen) atoms. The number of para-hydroxylation sites is 1. The van der Waals surface area contributed by atoms with Crippen LogP contribution in [0.25, 0.3) is 38.6 Å². The Bertz CT molecular complexity index is 1830. The van der Waals surface area contributed by atoms with Crippen molar-refractivity contribution in [2.24, 2.45) is 0 Å². The quantitative estimate of drug-likeness (QED) is 0.244. The molecule has 0 saturated carbocycles. The minimum Gasteiger partial charge on any atom is -0.355 e. The summed E-state index contributed by atoms with van der Waals surface area (Å²) in [5, 5.41) is 6.34. The number of anilines is 2. The third-order valence-corrected chi connectivity index (χ3v) is 7.89. The zero-order valence-corrected chi connectivity index (χ0v) is 24.4. The van der Waals surface area contributed by atoms with Gasteiger partial charge in [0.1, 0.15) is 0 Å².